The lowest BCUT2D eigenvalue weighted by Crippen LogP contribution is -2.39. The minimum atomic E-state index is -0.412. The van der Waals surface area contributed by atoms with Gasteiger partial charge in [-0.25, -0.2) is 4.98 Å². The highest BCUT2D eigenvalue weighted by atomic mass is 16.6. The van der Waals surface area contributed by atoms with Gasteiger partial charge in [0.15, 0.2) is 0 Å². The standard InChI is InChI=1S/C27H32N8O2/c1-27(2,3)37-32-23(22-13-14-30-35(22)6)17-7-10-19(11-8-17)33(4)25-20(16-29)26(36)34(5)21-12-9-18(15-28)31-24(21)25/h9,12-14,17,19H,7-8,10-11H2,1-6H3/b32-23-/t17-,19+. The molecule has 1 fully saturated rings. The second-order valence-electron chi connectivity index (χ2n) is 10.5. The summed E-state index contributed by atoms with van der Waals surface area (Å²) in [7, 11) is 5.42. The predicted molar refractivity (Wildman–Crippen MR) is 141 cm³/mol. The van der Waals surface area contributed by atoms with E-state index >= 15 is 0 Å². The second-order valence-corrected chi connectivity index (χ2v) is 10.5. The van der Waals surface area contributed by atoms with Crippen molar-refractivity contribution in [2.75, 3.05) is 11.9 Å². The minimum Gasteiger partial charge on any atom is -0.390 e. The number of rotatable bonds is 5. The van der Waals surface area contributed by atoms with Crippen LogP contribution in [0.3, 0.4) is 0 Å². The van der Waals surface area contributed by atoms with Crippen molar-refractivity contribution in [1.29, 1.82) is 10.5 Å². The second kappa shape index (κ2) is 10.1. The Morgan fingerprint density at radius 3 is 2.41 bits per heavy atom. The summed E-state index contributed by atoms with van der Waals surface area (Å²) in [5.41, 5.74) is 2.86. The van der Waals surface area contributed by atoms with Crippen LogP contribution in [0.5, 0.6) is 0 Å². The van der Waals surface area contributed by atoms with Crippen molar-refractivity contribution < 1.29 is 4.84 Å². The molecular formula is C27H32N8O2. The zero-order chi connectivity index (χ0) is 26.9. The lowest BCUT2D eigenvalue weighted by Gasteiger charge is -2.37. The molecule has 1 saturated carbocycles. The number of aromatic nitrogens is 4. The third-order valence-corrected chi connectivity index (χ3v) is 6.93. The molecule has 0 saturated heterocycles. The quantitative estimate of drug-likeness (QED) is 0.387. The van der Waals surface area contributed by atoms with Gasteiger partial charge in [0.2, 0.25) is 0 Å². The topological polar surface area (TPSA) is 125 Å². The van der Waals surface area contributed by atoms with Crippen LogP contribution in [0.4, 0.5) is 5.69 Å². The average Bonchev–Trinajstić information content (AvgIpc) is 3.30. The van der Waals surface area contributed by atoms with Crippen molar-refractivity contribution in [1.82, 2.24) is 19.3 Å². The minimum absolute atomic E-state index is 0.0397. The van der Waals surface area contributed by atoms with Crippen molar-refractivity contribution in [3.8, 4) is 12.1 Å². The third kappa shape index (κ3) is 5.05. The summed E-state index contributed by atoms with van der Waals surface area (Å²) in [5.74, 6) is 0.182. The van der Waals surface area contributed by atoms with Crippen LogP contribution in [0.1, 0.15) is 63.4 Å². The molecule has 0 amide bonds. The summed E-state index contributed by atoms with van der Waals surface area (Å²) in [4.78, 5) is 25.3. The monoisotopic (exact) mass is 500 g/mol. The van der Waals surface area contributed by atoms with Crippen molar-refractivity contribution >= 4 is 22.4 Å². The van der Waals surface area contributed by atoms with Crippen LogP contribution in [0.25, 0.3) is 11.0 Å². The summed E-state index contributed by atoms with van der Waals surface area (Å²) in [5, 5.41) is 28.2. The Balaban J connectivity index is 1.66. The molecule has 0 unspecified atom stereocenters. The summed E-state index contributed by atoms with van der Waals surface area (Å²) in [6.07, 6.45) is 5.12. The molecule has 0 aliphatic heterocycles. The predicted octanol–water partition coefficient (Wildman–Crippen LogP) is 3.62. The molecule has 0 N–H and O–H groups in total. The molecule has 4 rings (SSSR count). The SMILES string of the molecule is Cn1nccc1/C(=N\OC(C)(C)C)[C@H]1CC[C@@H](N(C)c2c(C#N)c(=O)n(C)c3ccc(C#N)nc23)CC1. The Morgan fingerprint density at radius 1 is 1.14 bits per heavy atom. The van der Waals surface area contributed by atoms with Gasteiger partial charge in [-0.1, -0.05) is 5.16 Å². The molecule has 37 heavy (non-hydrogen) atoms. The number of nitriles is 2. The summed E-state index contributed by atoms with van der Waals surface area (Å²) < 4.78 is 3.23. The number of pyridine rings is 2. The Bertz CT molecular complexity index is 1490. The molecule has 192 valence electrons. The molecule has 3 aromatic heterocycles. The third-order valence-electron chi connectivity index (χ3n) is 6.93. The van der Waals surface area contributed by atoms with E-state index < -0.39 is 5.60 Å². The van der Waals surface area contributed by atoms with Gasteiger partial charge >= 0.3 is 0 Å². The number of aryl methyl sites for hydroxylation is 2. The molecule has 3 aromatic rings. The van der Waals surface area contributed by atoms with E-state index in [4.69, 9.17) is 4.84 Å². The first-order chi connectivity index (χ1) is 17.6. The summed E-state index contributed by atoms with van der Waals surface area (Å²) in [6.45, 7) is 5.91. The van der Waals surface area contributed by atoms with Crippen LogP contribution < -0.4 is 10.5 Å². The molecule has 1 aliphatic rings. The number of hydrogen-bond donors (Lipinski definition) is 0. The van der Waals surface area contributed by atoms with Gasteiger partial charge in [-0.3, -0.25) is 9.48 Å². The maximum absolute atomic E-state index is 13.0. The van der Waals surface area contributed by atoms with E-state index in [1.165, 1.54) is 4.57 Å². The first-order valence-corrected chi connectivity index (χ1v) is 12.4. The lowest BCUT2D eigenvalue weighted by molar-refractivity contribution is -0.000113. The molecule has 10 nitrogen and oxygen atoms in total. The summed E-state index contributed by atoms with van der Waals surface area (Å²) in [6, 6.07) is 9.49. The van der Waals surface area contributed by atoms with Gasteiger partial charge in [0.25, 0.3) is 5.56 Å². The normalized spacial score (nSPS) is 18.3. The van der Waals surface area contributed by atoms with E-state index in [0.717, 1.165) is 37.1 Å². The van der Waals surface area contributed by atoms with Crippen molar-refractivity contribution in [3.05, 3.63) is 51.7 Å². The van der Waals surface area contributed by atoms with E-state index in [1.807, 2.05) is 50.5 Å². The van der Waals surface area contributed by atoms with Crippen LogP contribution in [-0.4, -0.2) is 43.7 Å². The van der Waals surface area contributed by atoms with E-state index in [-0.39, 0.29) is 28.8 Å². The average molecular weight is 501 g/mol. The number of anilines is 1. The fourth-order valence-electron chi connectivity index (χ4n) is 4.96. The Labute approximate surface area is 216 Å². The molecular weight excluding hydrogens is 468 g/mol. The van der Waals surface area contributed by atoms with Crippen LogP contribution in [0.2, 0.25) is 0 Å². The van der Waals surface area contributed by atoms with Crippen LogP contribution in [0.15, 0.2) is 34.3 Å². The van der Waals surface area contributed by atoms with Gasteiger partial charge in [-0.2, -0.15) is 15.6 Å². The number of fused-ring (bicyclic) bond motifs is 1. The van der Waals surface area contributed by atoms with Gasteiger partial charge in [0.05, 0.1) is 16.9 Å². The van der Waals surface area contributed by atoms with Crippen LogP contribution >= 0.6 is 0 Å². The largest absolute Gasteiger partial charge is 0.390 e. The highest BCUT2D eigenvalue weighted by Gasteiger charge is 2.32. The Hall–Kier alpha value is -4.18. The number of nitrogens with zero attached hydrogens (tertiary/aromatic N) is 8. The van der Waals surface area contributed by atoms with E-state index in [9.17, 15) is 15.3 Å². The van der Waals surface area contributed by atoms with Crippen LogP contribution in [0, 0.1) is 28.6 Å². The highest BCUT2D eigenvalue weighted by molar-refractivity contribution is 6.00. The van der Waals surface area contributed by atoms with Crippen molar-refractivity contribution in [2.24, 2.45) is 25.2 Å². The fourth-order valence-corrected chi connectivity index (χ4v) is 4.96. The molecule has 1 aliphatic carbocycles. The van der Waals surface area contributed by atoms with Gasteiger partial charge in [0.1, 0.15) is 40.2 Å². The Kier molecular flexibility index (Phi) is 7.04. The van der Waals surface area contributed by atoms with Gasteiger partial charge in [-0.15, -0.1) is 0 Å². The molecule has 0 bridgehead atoms. The van der Waals surface area contributed by atoms with Crippen LogP contribution in [-0.2, 0) is 18.9 Å². The maximum atomic E-state index is 13.0. The van der Waals surface area contributed by atoms with Crippen molar-refractivity contribution in [3.63, 3.8) is 0 Å². The molecule has 0 atom stereocenters. The first-order valence-electron chi connectivity index (χ1n) is 12.4. The zero-order valence-electron chi connectivity index (χ0n) is 22.2. The zero-order valence-corrected chi connectivity index (χ0v) is 22.2. The van der Waals surface area contributed by atoms with Gasteiger partial charge < -0.3 is 14.3 Å². The Morgan fingerprint density at radius 2 is 1.84 bits per heavy atom. The number of hydrogen-bond acceptors (Lipinski definition) is 8. The lowest BCUT2D eigenvalue weighted by atomic mass is 9.81. The van der Waals surface area contributed by atoms with Gasteiger partial charge in [-0.05, 0) is 64.7 Å². The molecule has 0 radical (unpaired) electrons. The van der Waals surface area contributed by atoms with E-state index in [1.54, 1.807) is 25.4 Å². The summed E-state index contributed by atoms with van der Waals surface area (Å²) >= 11 is 0. The maximum Gasteiger partial charge on any atom is 0.270 e. The smallest absolute Gasteiger partial charge is 0.270 e. The molecule has 3 heterocycles. The molecule has 10 heteroatoms. The van der Waals surface area contributed by atoms with Crippen molar-refractivity contribution in [2.45, 2.75) is 58.1 Å². The molecule has 0 spiro atoms. The first kappa shape index (κ1) is 25.9. The van der Waals surface area contributed by atoms with E-state index in [2.05, 4.69) is 27.4 Å². The van der Waals surface area contributed by atoms with E-state index in [0.29, 0.717) is 16.7 Å². The number of oxime groups is 1. The fraction of sp³-hybridized carbons (Fsp3) is 0.481. The van der Waals surface area contributed by atoms with Gasteiger partial charge in [0, 0.05) is 39.3 Å². The highest BCUT2D eigenvalue weighted by Crippen LogP contribution is 2.35. The molecule has 0 aromatic carbocycles.